The van der Waals surface area contributed by atoms with E-state index in [1.165, 1.54) is 0 Å². The lowest BCUT2D eigenvalue weighted by Crippen LogP contribution is -2.19. The number of methoxy groups -OCH3 is 1. The van der Waals surface area contributed by atoms with Crippen molar-refractivity contribution in [3.8, 4) is 0 Å². The van der Waals surface area contributed by atoms with E-state index in [-0.39, 0.29) is 7.43 Å². The molecule has 0 spiro atoms. The molecule has 0 aromatic heterocycles. The molecule has 0 atom stereocenters. The second-order valence-electron chi connectivity index (χ2n) is 2.99. The first-order valence-corrected chi connectivity index (χ1v) is 4.40. The van der Waals surface area contributed by atoms with Crippen LogP contribution in [0, 0.1) is 0 Å². The summed E-state index contributed by atoms with van der Waals surface area (Å²) in [6, 6.07) is 0. The molecule has 0 saturated heterocycles. The Morgan fingerprint density at radius 2 is 1.38 bits per heavy atom. The fraction of sp³-hybridized carbons (Fsp3) is 1.00. The predicted molar refractivity (Wildman–Crippen MR) is 61.1 cm³/mol. The third-order valence-corrected chi connectivity index (χ3v) is 1.52. The molecule has 0 aliphatic carbocycles. The van der Waals surface area contributed by atoms with Crippen LogP contribution >= 0.6 is 0 Å². The average molecular weight is 192 g/mol. The summed E-state index contributed by atoms with van der Waals surface area (Å²) in [5.41, 5.74) is 0. The summed E-state index contributed by atoms with van der Waals surface area (Å²) in [5, 5.41) is 0. The van der Waals surface area contributed by atoms with E-state index in [1.54, 1.807) is 7.11 Å². The Balaban J connectivity index is -0.000000150. The van der Waals surface area contributed by atoms with E-state index in [2.05, 4.69) is 37.7 Å². The van der Waals surface area contributed by atoms with Crippen molar-refractivity contribution in [2.45, 2.75) is 21.3 Å². The highest BCUT2D eigenvalue weighted by Crippen LogP contribution is 1.76. The van der Waals surface area contributed by atoms with Crippen LogP contribution in [-0.4, -0.2) is 57.9 Å². The van der Waals surface area contributed by atoms with Crippen LogP contribution in [0.3, 0.4) is 0 Å². The lowest BCUT2D eigenvalue weighted by Gasteiger charge is -2.10. The quantitative estimate of drug-likeness (QED) is 0.631. The van der Waals surface area contributed by atoms with Crippen LogP contribution in [0.15, 0.2) is 0 Å². The van der Waals surface area contributed by atoms with Gasteiger partial charge in [-0.3, -0.25) is 4.90 Å². The van der Waals surface area contributed by atoms with Crippen LogP contribution in [0.1, 0.15) is 21.3 Å². The minimum Gasteiger partial charge on any atom is -0.369 e. The van der Waals surface area contributed by atoms with Crippen LogP contribution < -0.4 is 0 Å². The summed E-state index contributed by atoms with van der Waals surface area (Å²) in [7, 11) is 7.83. The van der Waals surface area contributed by atoms with Crippen LogP contribution in [-0.2, 0) is 4.74 Å². The summed E-state index contributed by atoms with van der Waals surface area (Å²) < 4.78 is 4.82. The first kappa shape index (κ1) is 18.6. The molecular formula is C10H28N2O. The van der Waals surface area contributed by atoms with Crippen molar-refractivity contribution in [3.05, 3.63) is 0 Å². The van der Waals surface area contributed by atoms with Crippen molar-refractivity contribution in [1.82, 2.24) is 9.80 Å². The Labute approximate surface area is 84.7 Å². The van der Waals surface area contributed by atoms with Crippen molar-refractivity contribution in [3.63, 3.8) is 0 Å². The van der Waals surface area contributed by atoms with E-state index in [0.717, 1.165) is 19.8 Å². The standard InChI is InChI=1S/C5H13NO.C4H11N.CH4/c1-4-6(2)5-7-3;1-4-5(2)3;/h4-5H2,1-3H3;4H2,1-3H3;1H4. The first-order chi connectivity index (χ1) is 5.58. The molecule has 0 amide bonds. The molecule has 0 unspecified atom stereocenters. The molecule has 0 radical (unpaired) electrons. The summed E-state index contributed by atoms with van der Waals surface area (Å²) in [6.45, 7) is 7.14. The molecule has 0 aliphatic rings. The largest absolute Gasteiger partial charge is 0.369 e. The molecule has 3 heteroatoms. The fourth-order valence-electron chi connectivity index (χ4n) is 0.312. The molecule has 0 fully saturated rings. The Hall–Kier alpha value is -0.120. The minimum absolute atomic E-state index is 0. The van der Waals surface area contributed by atoms with Gasteiger partial charge < -0.3 is 9.64 Å². The van der Waals surface area contributed by atoms with Gasteiger partial charge in [0.05, 0.1) is 6.73 Å². The van der Waals surface area contributed by atoms with Crippen molar-refractivity contribution in [1.29, 1.82) is 0 Å². The monoisotopic (exact) mass is 192 g/mol. The highest BCUT2D eigenvalue weighted by molar-refractivity contribution is 4.32. The Morgan fingerprint density at radius 1 is 1.00 bits per heavy atom. The van der Waals surface area contributed by atoms with E-state index in [0.29, 0.717) is 0 Å². The van der Waals surface area contributed by atoms with Crippen molar-refractivity contribution in [2.24, 2.45) is 0 Å². The second kappa shape index (κ2) is 14.4. The molecule has 84 valence electrons. The smallest absolute Gasteiger partial charge is 0.0983 e. The maximum absolute atomic E-state index is 4.82. The maximum atomic E-state index is 4.82. The highest BCUT2D eigenvalue weighted by atomic mass is 16.5. The van der Waals surface area contributed by atoms with E-state index in [1.807, 2.05) is 7.05 Å². The van der Waals surface area contributed by atoms with Gasteiger partial charge in [-0.15, -0.1) is 0 Å². The van der Waals surface area contributed by atoms with Crippen molar-refractivity contribution >= 4 is 0 Å². The van der Waals surface area contributed by atoms with E-state index < -0.39 is 0 Å². The fourth-order valence-corrected chi connectivity index (χ4v) is 0.312. The summed E-state index contributed by atoms with van der Waals surface area (Å²) in [6.07, 6.45) is 0. The Bertz CT molecular complexity index is 77.3. The lowest BCUT2D eigenvalue weighted by atomic mass is 10.7. The van der Waals surface area contributed by atoms with Gasteiger partial charge in [-0.05, 0) is 34.2 Å². The highest BCUT2D eigenvalue weighted by Gasteiger charge is 1.86. The molecule has 0 aromatic rings. The van der Waals surface area contributed by atoms with Gasteiger partial charge in [0.1, 0.15) is 0 Å². The zero-order valence-corrected chi connectivity index (χ0v) is 9.42. The minimum atomic E-state index is 0. The van der Waals surface area contributed by atoms with Gasteiger partial charge in [0.2, 0.25) is 0 Å². The number of rotatable bonds is 4. The zero-order valence-electron chi connectivity index (χ0n) is 9.42. The van der Waals surface area contributed by atoms with Gasteiger partial charge >= 0.3 is 0 Å². The topological polar surface area (TPSA) is 15.7 Å². The van der Waals surface area contributed by atoms with E-state index >= 15 is 0 Å². The Kier molecular flexibility index (Phi) is 20.6. The second-order valence-corrected chi connectivity index (χ2v) is 2.99. The molecule has 13 heavy (non-hydrogen) atoms. The van der Waals surface area contributed by atoms with Gasteiger partial charge in [-0.1, -0.05) is 21.3 Å². The molecule has 0 rings (SSSR count). The Morgan fingerprint density at radius 3 is 1.46 bits per heavy atom. The molecule has 0 saturated carbocycles. The molecule has 0 bridgehead atoms. The third kappa shape index (κ3) is 24.5. The van der Waals surface area contributed by atoms with Crippen LogP contribution in [0.5, 0.6) is 0 Å². The lowest BCUT2D eigenvalue weighted by molar-refractivity contribution is 0.0857. The summed E-state index contributed by atoms with van der Waals surface area (Å²) in [4.78, 5) is 4.21. The molecule has 0 heterocycles. The van der Waals surface area contributed by atoms with E-state index in [4.69, 9.17) is 4.74 Å². The number of hydrogen-bond acceptors (Lipinski definition) is 3. The molecular weight excluding hydrogens is 164 g/mol. The number of ether oxygens (including phenoxy) is 1. The SMILES string of the molecule is C.CCN(C)C.CCN(C)COC. The normalized spacial score (nSPS) is 9.23. The van der Waals surface area contributed by atoms with Gasteiger partial charge in [-0.25, -0.2) is 0 Å². The van der Waals surface area contributed by atoms with Gasteiger partial charge in [0.15, 0.2) is 0 Å². The summed E-state index contributed by atoms with van der Waals surface area (Å²) >= 11 is 0. The summed E-state index contributed by atoms with van der Waals surface area (Å²) in [5.74, 6) is 0. The zero-order chi connectivity index (χ0) is 9.98. The van der Waals surface area contributed by atoms with Gasteiger partial charge in [0, 0.05) is 7.11 Å². The first-order valence-electron chi connectivity index (χ1n) is 4.40. The van der Waals surface area contributed by atoms with Gasteiger partial charge in [0.25, 0.3) is 0 Å². The van der Waals surface area contributed by atoms with Gasteiger partial charge in [-0.2, -0.15) is 0 Å². The predicted octanol–water partition coefficient (Wildman–Crippen LogP) is 1.75. The molecule has 0 N–H and O–H groups in total. The number of nitrogens with zero attached hydrogens (tertiary/aromatic N) is 2. The molecule has 0 aromatic carbocycles. The van der Waals surface area contributed by atoms with Crippen LogP contribution in [0.4, 0.5) is 0 Å². The van der Waals surface area contributed by atoms with Crippen LogP contribution in [0.2, 0.25) is 0 Å². The molecule has 0 aliphatic heterocycles. The number of hydrogen-bond donors (Lipinski definition) is 0. The maximum Gasteiger partial charge on any atom is 0.0983 e. The average Bonchev–Trinajstić information content (AvgIpc) is 2.06. The van der Waals surface area contributed by atoms with Crippen molar-refractivity contribution in [2.75, 3.05) is 48.1 Å². The molecule has 3 nitrogen and oxygen atoms in total. The van der Waals surface area contributed by atoms with Crippen LogP contribution in [0.25, 0.3) is 0 Å². The van der Waals surface area contributed by atoms with E-state index in [9.17, 15) is 0 Å². The third-order valence-electron chi connectivity index (χ3n) is 1.52. The van der Waals surface area contributed by atoms with Crippen molar-refractivity contribution < 1.29 is 4.74 Å².